The predicted molar refractivity (Wildman–Crippen MR) is 96.4 cm³/mol. The first-order chi connectivity index (χ1) is 11.7. The minimum Gasteiger partial charge on any atom is -0.359 e. The average Bonchev–Trinajstić information content (AvgIpc) is 2.61. The normalized spacial score (nSPS) is 19.3. The highest BCUT2D eigenvalue weighted by Gasteiger charge is 2.07. The highest BCUT2D eigenvalue weighted by Crippen LogP contribution is 2.22. The second-order valence-electron chi connectivity index (χ2n) is 5.20. The van der Waals surface area contributed by atoms with E-state index < -0.39 is 0 Å². The van der Waals surface area contributed by atoms with Gasteiger partial charge in [-0.25, -0.2) is 0 Å². The number of nitrogens with one attached hydrogen (secondary N) is 2. The second kappa shape index (κ2) is 7.24. The number of ketones is 2. The monoisotopic (exact) mass is 316 g/mol. The van der Waals surface area contributed by atoms with E-state index in [9.17, 15) is 9.59 Å². The summed E-state index contributed by atoms with van der Waals surface area (Å²) in [6.07, 6.45) is 17.0. The zero-order valence-corrected chi connectivity index (χ0v) is 12.9. The van der Waals surface area contributed by atoms with Crippen LogP contribution < -0.4 is 10.6 Å². The van der Waals surface area contributed by atoms with Crippen LogP contribution in [0, 0.1) is 0 Å². The van der Waals surface area contributed by atoms with Crippen molar-refractivity contribution in [1.82, 2.24) is 0 Å². The Kier molecular flexibility index (Phi) is 4.68. The van der Waals surface area contributed by atoms with Gasteiger partial charge in [-0.3, -0.25) is 9.59 Å². The first kappa shape index (κ1) is 15.5. The summed E-state index contributed by atoms with van der Waals surface area (Å²) in [5.41, 5.74) is 2.78. The number of para-hydroxylation sites is 2. The molecular formula is C20H16N2O2. The van der Waals surface area contributed by atoms with Crippen LogP contribution in [0.25, 0.3) is 0 Å². The molecule has 0 bridgehead atoms. The maximum atomic E-state index is 11.7. The molecule has 0 radical (unpaired) electrons. The van der Waals surface area contributed by atoms with Crippen LogP contribution in [-0.4, -0.2) is 11.6 Å². The largest absolute Gasteiger partial charge is 0.359 e. The molecule has 2 N–H and O–H groups in total. The molecule has 118 valence electrons. The summed E-state index contributed by atoms with van der Waals surface area (Å²) in [5.74, 6) is -0.0791. The van der Waals surface area contributed by atoms with Gasteiger partial charge in [0, 0.05) is 23.5 Å². The number of rotatable bonds is 4. The number of hydrogen-bond acceptors (Lipinski definition) is 4. The minimum atomic E-state index is -0.0396. The van der Waals surface area contributed by atoms with Crippen molar-refractivity contribution in [1.29, 1.82) is 0 Å². The summed E-state index contributed by atoms with van der Waals surface area (Å²) in [5, 5.41) is 6.27. The first-order valence-corrected chi connectivity index (χ1v) is 7.54. The van der Waals surface area contributed by atoms with E-state index in [0.717, 1.165) is 11.4 Å². The van der Waals surface area contributed by atoms with Crippen LogP contribution in [0.3, 0.4) is 0 Å². The van der Waals surface area contributed by atoms with E-state index in [0.29, 0.717) is 11.1 Å². The Morgan fingerprint density at radius 3 is 1.46 bits per heavy atom. The minimum absolute atomic E-state index is 0.0396. The molecule has 0 heterocycles. The molecular weight excluding hydrogens is 300 g/mol. The van der Waals surface area contributed by atoms with Crippen molar-refractivity contribution < 1.29 is 9.59 Å². The van der Waals surface area contributed by atoms with Gasteiger partial charge in [-0.2, -0.15) is 0 Å². The van der Waals surface area contributed by atoms with Crippen molar-refractivity contribution in [2.24, 2.45) is 0 Å². The lowest BCUT2D eigenvalue weighted by atomic mass is 10.1. The van der Waals surface area contributed by atoms with E-state index in [2.05, 4.69) is 10.6 Å². The van der Waals surface area contributed by atoms with Gasteiger partial charge in [-0.05, 0) is 36.4 Å². The topological polar surface area (TPSA) is 58.2 Å². The third-order valence-electron chi connectivity index (χ3n) is 3.53. The Bertz CT molecular complexity index is 781. The quantitative estimate of drug-likeness (QED) is 0.832. The van der Waals surface area contributed by atoms with E-state index >= 15 is 0 Å². The van der Waals surface area contributed by atoms with E-state index in [4.69, 9.17) is 0 Å². The number of carbonyl (C=O) groups is 2. The molecule has 1 aromatic rings. The van der Waals surface area contributed by atoms with Gasteiger partial charge in [0.1, 0.15) is 0 Å². The summed E-state index contributed by atoms with van der Waals surface area (Å²) in [4.78, 5) is 23.5. The van der Waals surface area contributed by atoms with Crippen LogP contribution in [0.2, 0.25) is 0 Å². The number of anilines is 2. The maximum absolute atomic E-state index is 11.7. The number of carbonyl (C=O) groups excluding carboxylic acids is 2. The number of benzene rings is 1. The summed E-state index contributed by atoms with van der Waals surface area (Å²) in [7, 11) is 0. The van der Waals surface area contributed by atoms with Gasteiger partial charge in [0.25, 0.3) is 0 Å². The lowest BCUT2D eigenvalue weighted by molar-refractivity contribution is -0.111. The summed E-state index contributed by atoms with van der Waals surface area (Å²) < 4.78 is 0. The molecule has 0 amide bonds. The fourth-order valence-electron chi connectivity index (χ4n) is 2.25. The van der Waals surface area contributed by atoms with Gasteiger partial charge in [0.15, 0.2) is 11.6 Å². The Hall–Kier alpha value is -3.40. The van der Waals surface area contributed by atoms with Crippen molar-refractivity contribution >= 4 is 22.9 Å². The predicted octanol–water partition coefficient (Wildman–Crippen LogP) is 3.67. The van der Waals surface area contributed by atoms with Gasteiger partial charge in [-0.1, -0.05) is 36.4 Å². The number of hydrogen-bond donors (Lipinski definition) is 2. The van der Waals surface area contributed by atoms with Crippen molar-refractivity contribution in [3.8, 4) is 0 Å². The molecule has 0 spiro atoms. The Labute approximate surface area is 140 Å². The molecule has 2 aliphatic rings. The molecule has 1 aromatic carbocycles. The fourth-order valence-corrected chi connectivity index (χ4v) is 2.25. The first-order valence-electron chi connectivity index (χ1n) is 7.54. The highest BCUT2D eigenvalue weighted by molar-refractivity contribution is 6.08. The lowest BCUT2D eigenvalue weighted by Crippen LogP contribution is -2.04. The standard InChI is InChI=1S/C20H16N2O2/c23-19-11-5-1-7-15(19)13-21-17-9-3-4-10-18(17)22-14-16-8-2-6-12-20(16)24/h1-14,21-22H/b15-13-,16-14-. The van der Waals surface area contributed by atoms with Gasteiger partial charge in [0.2, 0.25) is 0 Å². The molecule has 0 unspecified atom stereocenters. The Morgan fingerprint density at radius 1 is 0.625 bits per heavy atom. The molecule has 0 saturated carbocycles. The molecule has 0 aromatic heterocycles. The van der Waals surface area contributed by atoms with Crippen molar-refractivity contribution in [3.63, 3.8) is 0 Å². The van der Waals surface area contributed by atoms with Crippen LogP contribution in [0.4, 0.5) is 11.4 Å². The lowest BCUT2D eigenvalue weighted by Gasteiger charge is -2.11. The Morgan fingerprint density at radius 2 is 1.04 bits per heavy atom. The summed E-state index contributed by atoms with van der Waals surface area (Å²) in [6, 6.07) is 7.57. The molecule has 24 heavy (non-hydrogen) atoms. The zero-order chi connectivity index (χ0) is 16.8. The van der Waals surface area contributed by atoms with E-state index in [1.807, 2.05) is 36.4 Å². The molecule has 4 heteroatoms. The van der Waals surface area contributed by atoms with Crippen LogP contribution in [-0.2, 0) is 9.59 Å². The molecule has 2 aliphatic carbocycles. The third-order valence-corrected chi connectivity index (χ3v) is 3.53. The SMILES string of the molecule is O=C1C=CC=C/C1=C/Nc1ccccc1N/C=C1/C=CC=CC1=O. The molecule has 0 atom stereocenters. The highest BCUT2D eigenvalue weighted by atomic mass is 16.1. The van der Waals surface area contributed by atoms with E-state index in [1.54, 1.807) is 36.7 Å². The van der Waals surface area contributed by atoms with E-state index in [1.165, 1.54) is 12.2 Å². The van der Waals surface area contributed by atoms with Crippen LogP contribution in [0.1, 0.15) is 0 Å². The average molecular weight is 316 g/mol. The van der Waals surface area contributed by atoms with Gasteiger partial charge >= 0.3 is 0 Å². The molecule has 0 aliphatic heterocycles. The molecule has 3 rings (SSSR count). The van der Waals surface area contributed by atoms with Crippen molar-refractivity contribution in [2.75, 3.05) is 10.6 Å². The molecule has 0 fully saturated rings. The van der Waals surface area contributed by atoms with E-state index in [-0.39, 0.29) is 11.6 Å². The fraction of sp³-hybridized carbons (Fsp3) is 0. The van der Waals surface area contributed by atoms with Gasteiger partial charge in [-0.15, -0.1) is 0 Å². The second-order valence-corrected chi connectivity index (χ2v) is 5.20. The smallest absolute Gasteiger partial charge is 0.187 e. The van der Waals surface area contributed by atoms with Gasteiger partial charge < -0.3 is 10.6 Å². The summed E-state index contributed by atoms with van der Waals surface area (Å²) >= 11 is 0. The maximum Gasteiger partial charge on any atom is 0.187 e. The Balaban J connectivity index is 1.76. The van der Waals surface area contributed by atoms with Crippen LogP contribution in [0.5, 0.6) is 0 Å². The van der Waals surface area contributed by atoms with Gasteiger partial charge in [0.05, 0.1) is 11.4 Å². The van der Waals surface area contributed by atoms with Crippen LogP contribution >= 0.6 is 0 Å². The van der Waals surface area contributed by atoms with Crippen molar-refractivity contribution in [3.05, 3.63) is 96.4 Å². The van der Waals surface area contributed by atoms with Crippen molar-refractivity contribution in [2.45, 2.75) is 0 Å². The summed E-state index contributed by atoms with van der Waals surface area (Å²) in [6.45, 7) is 0. The number of allylic oxidation sites excluding steroid dienone is 10. The third kappa shape index (κ3) is 3.67. The van der Waals surface area contributed by atoms with Crippen LogP contribution in [0.15, 0.2) is 96.4 Å². The molecule has 4 nitrogen and oxygen atoms in total. The molecule has 0 saturated heterocycles. The zero-order valence-electron chi connectivity index (χ0n) is 12.9.